The summed E-state index contributed by atoms with van der Waals surface area (Å²) in [6.45, 7) is 1.78. The van der Waals surface area contributed by atoms with Crippen LogP contribution in [0.2, 0.25) is 0 Å². The van der Waals surface area contributed by atoms with Crippen LogP contribution >= 0.6 is 0 Å². The molecule has 8 nitrogen and oxygen atoms in total. The lowest BCUT2D eigenvalue weighted by Gasteiger charge is -2.06. The van der Waals surface area contributed by atoms with Gasteiger partial charge in [0, 0.05) is 12.1 Å². The van der Waals surface area contributed by atoms with Crippen LogP contribution in [0, 0.1) is 0 Å². The van der Waals surface area contributed by atoms with Crippen molar-refractivity contribution in [2.24, 2.45) is 0 Å². The van der Waals surface area contributed by atoms with Crippen molar-refractivity contribution in [1.82, 2.24) is 14.9 Å². The van der Waals surface area contributed by atoms with E-state index in [0.29, 0.717) is 5.89 Å². The largest absolute Gasteiger partial charge is 0.452 e. The quantitative estimate of drug-likeness (QED) is 0.620. The van der Waals surface area contributed by atoms with E-state index in [1.54, 1.807) is 6.92 Å². The number of ether oxygens (including phenoxy) is 1. The minimum absolute atomic E-state index is 0.0744. The van der Waals surface area contributed by atoms with Crippen molar-refractivity contribution in [3.8, 4) is 11.5 Å². The first-order valence-electron chi connectivity index (χ1n) is 8.14. The molecule has 0 bridgehead atoms. The third-order valence-electron chi connectivity index (χ3n) is 3.55. The summed E-state index contributed by atoms with van der Waals surface area (Å²) in [6, 6.07) is 14.7. The molecule has 0 aliphatic heterocycles. The van der Waals surface area contributed by atoms with Crippen molar-refractivity contribution >= 4 is 16.0 Å². The van der Waals surface area contributed by atoms with Gasteiger partial charge in [-0.25, -0.2) is 17.9 Å². The maximum absolute atomic E-state index is 12.1. The third kappa shape index (κ3) is 4.57. The van der Waals surface area contributed by atoms with Crippen molar-refractivity contribution in [3.05, 3.63) is 66.1 Å². The highest BCUT2D eigenvalue weighted by molar-refractivity contribution is 7.89. The van der Waals surface area contributed by atoms with Crippen molar-refractivity contribution in [2.45, 2.75) is 18.4 Å². The van der Waals surface area contributed by atoms with Crippen LogP contribution in [-0.2, 0) is 21.4 Å². The second-order valence-corrected chi connectivity index (χ2v) is 7.24. The standard InChI is InChI=1S/C18H17N3O5S/c1-2-19-27(23,24)15-10-8-14(9-11-15)18(22)25-12-16-20-21-17(26-16)13-6-4-3-5-7-13/h3-11,19H,2,12H2,1H3. The van der Waals surface area contributed by atoms with Gasteiger partial charge in [-0.15, -0.1) is 10.2 Å². The molecule has 0 amide bonds. The Kier molecular flexibility index (Phi) is 5.63. The number of nitrogens with one attached hydrogen (secondary N) is 1. The zero-order chi connectivity index (χ0) is 19.3. The Bertz CT molecular complexity index is 1010. The van der Waals surface area contributed by atoms with Crippen LogP contribution in [0.25, 0.3) is 11.5 Å². The van der Waals surface area contributed by atoms with Gasteiger partial charge in [0.2, 0.25) is 15.9 Å². The number of rotatable bonds is 7. The van der Waals surface area contributed by atoms with Gasteiger partial charge in [-0.3, -0.25) is 0 Å². The molecule has 3 aromatic rings. The number of sulfonamides is 1. The monoisotopic (exact) mass is 387 g/mol. The fourth-order valence-electron chi connectivity index (χ4n) is 2.26. The van der Waals surface area contributed by atoms with Gasteiger partial charge in [0.25, 0.3) is 5.89 Å². The van der Waals surface area contributed by atoms with E-state index in [-0.39, 0.29) is 29.5 Å². The maximum atomic E-state index is 12.1. The lowest BCUT2D eigenvalue weighted by atomic mass is 10.2. The summed E-state index contributed by atoms with van der Waals surface area (Å²) in [4.78, 5) is 12.2. The van der Waals surface area contributed by atoms with Crippen LogP contribution in [0.15, 0.2) is 63.9 Å². The van der Waals surface area contributed by atoms with E-state index in [4.69, 9.17) is 9.15 Å². The van der Waals surface area contributed by atoms with Crippen LogP contribution in [0.5, 0.6) is 0 Å². The Hall–Kier alpha value is -3.04. The van der Waals surface area contributed by atoms with E-state index in [9.17, 15) is 13.2 Å². The molecule has 1 N–H and O–H groups in total. The smallest absolute Gasteiger partial charge is 0.338 e. The molecule has 9 heteroatoms. The van der Waals surface area contributed by atoms with Crippen LogP contribution < -0.4 is 4.72 Å². The highest BCUT2D eigenvalue weighted by Gasteiger charge is 2.15. The molecule has 1 heterocycles. The average molecular weight is 387 g/mol. The van der Waals surface area contributed by atoms with E-state index in [1.807, 2.05) is 30.3 Å². The van der Waals surface area contributed by atoms with Gasteiger partial charge in [-0.05, 0) is 36.4 Å². The molecule has 0 saturated carbocycles. The molecular weight excluding hydrogens is 370 g/mol. The van der Waals surface area contributed by atoms with Crippen molar-refractivity contribution < 1.29 is 22.4 Å². The van der Waals surface area contributed by atoms with Gasteiger partial charge in [0.1, 0.15) is 0 Å². The summed E-state index contributed by atoms with van der Waals surface area (Å²) in [5.41, 5.74) is 0.980. The molecule has 0 unspecified atom stereocenters. The zero-order valence-electron chi connectivity index (χ0n) is 14.5. The summed E-state index contributed by atoms with van der Waals surface area (Å²) in [5, 5.41) is 7.76. The lowest BCUT2D eigenvalue weighted by molar-refractivity contribution is 0.0438. The first-order chi connectivity index (χ1) is 13.0. The fraction of sp³-hybridized carbons (Fsp3) is 0.167. The second kappa shape index (κ2) is 8.11. The normalized spacial score (nSPS) is 11.3. The molecule has 0 radical (unpaired) electrons. The minimum Gasteiger partial charge on any atom is -0.452 e. The molecule has 27 heavy (non-hydrogen) atoms. The van der Waals surface area contributed by atoms with Crippen LogP contribution in [-0.4, -0.2) is 31.1 Å². The Balaban J connectivity index is 1.62. The molecule has 2 aromatic carbocycles. The van der Waals surface area contributed by atoms with Crippen LogP contribution in [0.3, 0.4) is 0 Å². The number of carbonyl (C=O) groups is 1. The Morgan fingerprint density at radius 3 is 2.44 bits per heavy atom. The number of hydrogen-bond donors (Lipinski definition) is 1. The van der Waals surface area contributed by atoms with Gasteiger partial charge >= 0.3 is 5.97 Å². The number of aromatic nitrogens is 2. The molecule has 1 aromatic heterocycles. The molecule has 0 aliphatic rings. The van der Waals surface area contributed by atoms with E-state index in [0.717, 1.165) is 5.56 Å². The van der Waals surface area contributed by atoms with Gasteiger partial charge in [0.15, 0.2) is 6.61 Å². The number of benzene rings is 2. The second-order valence-electron chi connectivity index (χ2n) is 5.47. The predicted molar refractivity (Wildman–Crippen MR) is 96.2 cm³/mol. The molecule has 0 atom stereocenters. The first-order valence-corrected chi connectivity index (χ1v) is 9.62. The van der Waals surface area contributed by atoms with Crippen molar-refractivity contribution in [3.63, 3.8) is 0 Å². The molecule has 0 spiro atoms. The van der Waals surface area contributed by atoms with Crippen molar-refractivity contribution in [1.29, 1.82) is 0 Å². The summed E-state index contributed by atoms with van der Waals surface area (Å²) in [7, 11) is -3.57. The van der Waals surface area contributed by atoms with Crippen LogP contribution in [0.4, 0.5) is 0 Å². The highest BCUT2D eigenvalue weighted by Crippen LogP contribution is 2.17. The minimum atomic E-state index is -3.57. The number of hydrogen-bond acceptors (Lipinski definition) is 7. The topological polar surface area (TPSA) is 111 Å². The number of nitrogens with zero attached hydrogens (tertiary/aromatic N) is 2. The van der Waals surface area contributed by atoms with E-state index in [2.05, 4.69) is 14.9 Å². The lowest BCUT2D eigenvalue weighted by Crippen LogP contribution is -2.23. The molecule has 0 aliphatic carbocycles. The summed E-state index contributed by atoms with van der Waals surface area (Å²) in [5.74, 6) is -0.130. The zero-order valence-corrected chi connectivity index (χ0v) is 15.3. The maximum Gasteiger partial charge on any atom is 0.338 e. The van der Waals surface area contributed by atoms with Gasteiger partial charge in [-0.1, -0.05) is 25.1 Å². The van der Waals surface area contributed by atoms with Gasteiger partial charge in [0.05, 0.1) is 10.5 Å². The number of carbonyl (C=O) groups excluding carboxylic acids is 1. The van der Waals surface area contributed by atoms with E-state index < -0.39 is 16.0 Å². The van der Waals surface area contributed by atoms with E-state index >= 15 is 0 Å². The molecule has 3 rings (SSSR count). The third-order valence-corrected chi connectivity index (χ3v) is 5.11. The Morgan fingerprint density at radius 2 is 1.78 bits per heavy atom. The first kappa shape index (κ1) is 18.7. The van der Waals surface area contributed by atoms with Crippen LogP contribution in [0.1, 0.15) is 23.2 Å². The van der Waals surface area contributed by atoms with Gasteiger partial charge in [-0.2, -0.15) is 0 Å². The molecule has 0 saturated heterocycles. The van der Waals surface area contributed by atoms with Gasteiger partial charge < -0.3 is 9.15 Å². The average Bonchev–Trinajstić information content (AvgIpc) is 3.16. The molecule has 140 valence electrons. The number of esters is 1. The summed E-state index contributed by atoms with van der Waals surface area (Å²) >= 11 is 0. The summed E-state index contributed by atoms with van der Waals surface area (Å²) in [6.07, 6.45) is 0. The Morgan fingerprint density at radius 1 is 1.07 bits per heavy atom. The Labute approximate surface area is 156 Å². The SMILES string of the molecule is CCNS(=O)(=O)c1ccc(C(=O)OCc2nnc(-c3ccccc3)o2)cc1. The summed E-state index contributed by atoms with van der Waals surface area (Å²) < 4.78 is 36.8. The molecule has 0 fully saturated rings. The fourth-order valence-corrected chi connectivity index (χ4v) is 3.30. The highest BCUT2D eigenvalue weighted by atomic mass is 32.2. The molecular formula is C18H17N3O5S. The van der Waals surface area contributed by atoms with Crippen molar-refractivity contribution in [2.75, 3.05) is 6.54 Å². The van der Waals surface area contributed by atoms with E-state index in [1.165, 1.54) is 24.3 Å². The predicted octanol–water partition coefficient (Wildman–Crippen LogP) is 2.39.